The number of rotatable bonds is 2. The Morgan fingerprint density at radius 3 is 2.28 bits per heavy atom. The number of hydrogen-bond acceptors (Lipinski definition) is 2. The van der Waals surface area contributed by atoms with Crippen LogP contribution in [0.15, 0.2) is 34.8 Å². The van der Waals surface area contributed by atoms with Crippen molar-refractivity contribution in [3.8, 4) is 0 Å². The third kappa shape index (κ3) is 2.86. The van der Waals surface area contributed by atoms with Crippen LogP contribution in [0.4, 0.5) is 17.1 Å². The van der Waals surface area contributed by atoms with Crippen molar-refractivity contribution in [3.63, 3.8) is 0 Å². The van der Waals surface area contributed by atoms with Gasteiger partial charge >= 0.3 is 0 Å². The van der Waals surface area contributed by atoms with Crippen molar-refractivity contribution in [1.29, 1.82) is 0 Å². The van der Waals surface area contributed by atoms with Gasteiger partial charge in [0.25, 0.3) is 0 Å². The minimum atomic E-state index is 0.431. The highest BCUT2D eigenvalue weighted by Crippen LogP contribution is 2.38. The van der Waals surface area contributed by atoms with Gasteiger partial charge in [-0.1, -0.05) is 34.8 Å². The molecular formula is C12H8BrCl3N2. The van der Waals surface area contributed by atoms with Crippen LogP contribution in [-0.4, -0.2) is 0 Å². The quantitative estimate of drug-likeness (QED) is 0.526. The molecule has 0 aliphatic carbocycles. The first-order valence-corrected chi connectivity index (χ1v) is 6.87. The number of hydrogen-bond donors (Lipinski definition) is 2. The van der Waals surface area contributed by atoms with Crippen molar-refractivity contribution in [2.75, 3.05) is 11.1 Å². The standard InChI is InChI=1S/C12H8BrCl3N2/c13-7-2-4-10(12(16)11(7)15)18-9-3-1-6(14)5-8(9)17/h1-5,18H,17H2. The molecule has 2 nitrogen and oxygen atoms in total. The topological polar surface area (TPSA) is 38.0 Å². The molecule has 2 rings (SSSR count). The van der Waals surface area contributed by atoms with Gasteiger partial charge in [0.1, 0.15) is 0 Å². The van der Waals surface area contributed by atoms with Crippen molar-refractivity contribution in [2.24, 2.45) is 0 Å². The molecule has 0 atom stereocenters. The zero-order valence-corrected chi connectivity index (χ0v) is 12.8. The Bertz CT molecular complexity index is 602. The molecule has 0 unspecified atom stereocenters. The Hall–Kier alpha value is -0.610. The summed E-state index contributed by atoms with van der Waals surface area (Å²) in [4.78, 5) is 0. The van der Waals surface area contributed by atoms with Crippen molar-refractivity contribution < 1.29 is 0 Å². The number of nitrogens with two attached hydrogens (primary N) is 1. The summed E-state index contributed by atoms with van der Waals surface area (Å²) in [7, 11) is 0. The first-order chi connectivity index (χ1) is 8.49. The number of nitrogen functional groups attached to an aromatic ring is 1. The monoisotopic (exact) mass is 364 g/mol. The third-order valence-corrected chi connectivity index (χ3v) is 4.32. The van der Waals surface area contributed by atoms with E-state index in [1.54, 1.807) is 18.2 Å². The summed E-state index contributed by atoms with van der Waals surface area (Å²) in [6.45, 7) is 0. The molecule has 0 fully saturated rings. The van der Waals surface area contributed by atoms with Crippen LogP contribution in [0, 0.1) is 0 Å². The van der Waals surface area contributed by atoms with E-state index in [1.165, 1.54) is 0 Å². The molecule has 0 amide bonds. The minimum Gasteiger partial charge on any atom is -0.397 e. The number of benzene rings is 2. The molecule has 2 aromatic carbocycles. The lowest BCUT2D eigenvalue weighted by Crippen LogP contribution is -1.97. The third-order valence-electron chi connectivity index (χ3n) is 2.32. The molecule has 0 aromatic heterocycles. The van der Waals surface area contributed by atoms with Gasteiger partial charge in [-0.2, -0.15) is 0 Å². The summed E-state index contributed by atoms with van der Waals surface area (Å²) in [5, 5.41) is 4.58. The molecule has 6 heteroatoms. The molecule has 0 spiro atoms. The molecule has 3 N–H and O–H groups in total. The van der Waals surface area contributed by atoms with Gasteiger partial charge in [-0.15, -0.1) is 0 Å². The highest BCUT2D eigenvalue weighted by atomic mass is 79.9. The normalized spacial score (nSPS) is 10.4. The first-order valence-electron chi connectivity index (χ1n) is 4.94. The van der Waals surface area contributed by atoms with Crippen molar-refractivity contribution in [1.82, 2.24) is 0 Å². The molecule has 0 saturated carbocycles. The molecule has 94 valence electrons. The van der Waals surface area contributed by atoms with Crippen molar-refractivity contribution >= 4 is 67.8 Å². The van der Waals surface area contributed by atoms with E-state index in [2.05, 4.69) is 21.2 Å². The van der Waals surface area contributed by atoms with E-state index in [0.29, 0.717) is 26.4 Å². The van der Waals surface area contributed by atoms with Gasteiger partial charge in [-0.3, -0.25) is 0 Å². The smallest absolute Gasteiger partial charge is 0.0838 e. The fourth-order valence-electron chi connectivity index (χ4n) is 1.41. The van der Waals surface area contributed by atoms with E-state index >= 15 is 0 Å². The second kappa shape index (κ2) is 5.57. The Morgan fingerprint density at radius 2 is 1.61 bits per heavy atom. The van der Waals surface area contributed by atoms with E-state index < -0.39 is 0 Å². The number of anilines is 3. The molecule has 0 heterocycles. The van der Waals surface area contributed by atoms with Crippen LogP contribution in [0.3, 0.4) is 0 Å². The van der Waals surface area contributed by atoms with E-state index in [-0.39, 0.29) is 0 Å². The maximum Gasteiger partial charge on any atom is 0.0838 e. The SMILES string of the molecule is Nc1cc(Cl)ccc1Nc1ccc(Br)c(Cl)c1Cl. The van der Waals surface area contributed by atoms with E-state index in [4.69, 9.17) is 40.5 Å². The molecule has 0 aliphatic heterocycles. The Labute approximate surface area is 128 Å². The van der Waals surface area contributed by atoms with Crippen LogP contribution in [0.1, 0.15) is 0 Å². The molecule has 0 aliphatic rings. The van der Waals surface area contributed by atoms with E-state index in [0.717, 1.165) is 10.2 Å². The second-order valence-electron chi connectivity index (χ2n) is 3.58. The van der Waals surface area contributed by atoms with Crippen molar-refractivity contribution in [3.05, 3.63) is 49.9 Å². The van der Waals surface area contributed by atoms with Crippen LogP contribution < -0.4 is 11.1 Å². The minimum absolute atomic E-state index is 0.431. The molecule has 0 bridgehead atoms. The van der Waals surface area contributed by atoms with Gasteiger partial charge in [0.05, 0.1) is 27.1 Å². The zero-order chi connectivity index (χ0) is 13.3. The fourth-order valence-corrected chi connectivity index (χ4v) is 2.42. The lowest BCUT2D eigenvalue weighted by molar-refractivity contribution is 1.53. The average molecular weight is 366 g/mol. The fraction of sp³-hybridized carbons (Fsp3) is 0. The maximum atomic E-state index is 6.14. The van der Waals surface area contributed by atoms with E-state index in [1.807, 2.05) is 12.1 Å². The summed E-state index contributed by atoms with van der Waals surface area (Å²) in [6.07, 6.45) is 0. The van der Waals surface area contributed by atoms with Crippen LogP contribution in [0.5, 0.6) is 0 Å². The van der Waals surface area contributed by atoms with Crippen molar-refractivity contribution in [2.45, 2.75) is 0 Å². The van der Waals surface area contributed by atoms with Gasteiger partial charge in [-0.25, -0.2) is 0 Å². The van der Waals surface area contributed by atoms with Crippen LogP contribution >= 0.6 is 50.7 Å². The summed E-state index contributed by atoms with van der Waals surface area (Å²) in [6, 6.07) is 8.81. The summed E-state index contributed by atoms with van der Waals surface area (Å²) in [5.74, 6) is 0. The lowest BCUT2D eigenvalue weighted by Gasteiger charge is -2.12. The molecule has 0 saturated heterocycles. The Kier molecular flexibility index (Phi) is 4.28. The number of halogens is 4. The summed E-state index contributed by atoms with van der Waals surface area (Å²) in [5.41, 5.74) is 7.80. The average Bonchev–Trinajstić information content (AvgIpc) is 2.33. The lowest BCUT2D eigenvalue weighted by atomic mass is 10.2. The molecule has 2 aromatic rings. The van der Waals surface area contributed by atoms with Gasteiger partial charge in [0.2, 0.25) is 0 Å². The van der Waals surface area contributed by atoms with Gasteiger partial charge in [0.15, 0.2) is 0 Å². The van der Waals surface area contributed by atoms with Crippen LogP contribution in [0.25, 0.3) is 0 Å². The predicted molar refractivity (Wildman–Crippen MR) is 83.3 cm³/mol. The molecular weight excluding hydrogens is 358 g/mol. The largest absolute Gasteiger partial charge is 0.397 e. The summed E-state index contributed by atoms with van der Waals surface area (Å²) >= 11 is 21.3. The van der Waals surface area contributed by atoms with Gasteiger partial charge in [0, 0.05) is 9.50 Å². The molecule has 0 radical (unpaired) electrons. The first kappa shape index (κ1) is 13.8. The predicted octanol–water partition coefficient (Wildman–Crippen LogP) is 5.74. The maximum absolute atomic E-state index is 6.14. The Balaban J connectivity index is 2.37. The zero-order valence-electron chi connectivity index (χ0n) is 8.98. The molecule has 18 heavy (non-hydrogen) atoms. The second-order valence-corrected chi connectivity index (χ2v) is 5.63. The number of nitrogens with one attached hydrogen (secondary N) is 1. The van der Waals surface area contributed by atoms with Crippen LogP contribution in [-0.2, 0) is 0 Å². The highest BCUT2D eigenvalue weighted by molar-refractivity contribution is 9.10. The van der Waals surface area contributed by atoms with Gasteiger partial charge in [-0.05, 0) is 46.3 Å². The van der Waals surface area contributed by atoms with Crippen LogP contribution in [0.2, 0.25) is 15.1 Å². The highest BCUT2D eigenvalue weighted by Gasteiger charge is 2.09. The van der Waals surface area contributed by atoms with E-state index in [9.17, 15) is 0 Å². The Morgan fingerprint density at radius 1 is 0.944 bits per heavy atom. The van der Waals surface area contributed by atoms with Gasteiger partial charge < -0.3 is 11.1 Å². The summed E-state index contributed by atoms with van der Waals surface area (Å²) < 4.78 is 0.740.